The molecule has 0 bridgehead atoms. The van der Waals surface area contributed by atoms with Gasteiger partial charge in [-0.25, -0.2) is 0 Å². The van der Waals surface area contributed by atoms with Crippen LogP contribution in [-0.2, 0) is 32.1 Å². The maximum absolute atomic E-state index is 14.0. The number of fused-ring (bicyclic) bond motifs is 4. The number of benzene rings is 2. The SMILES string of the molecule is COc1c2c(c(O)c3cc(CN(C)C)ccc13)C(=O)C1C(=O)C3(O)C(=O)C(C(N)=O)C(=O)C(N(C)C)C3CC1C2. The first-order valence-corrected chi connectivity index (χ1v) is 13.1. The van der Waals surface area contributed by atoms with Crippen molar-refractivity contribution in [2.45, 2.75) is 31.0 Å². The maximum atomic E-state index is 14.0. The zero-order valence-corrected chi connectivity index (χ0v) is 23.1. The number of nitrogens with two attached hydrogens (primary N) is 1. The number of ether oxygens (including phenoxy) is 1. The quantitative estimate of drug-likeness (QED) is 0.433. The number of amides is 1. The molecule has 40 heavy (non-hydrogen) atoms. The van der Waals surface area contributed by atoms with Gasteiger partial charge in [-0.05, 0) is 58.6 Å². The Balaban J connectivity index is 1.69. The molecule has 0 spiro atoms. The van der Waals surface area contributed by atoms with Gasteiger partial charge in [-0.1, -0.05) is 12.1 Å². The molecule has 6 atom stereocenters. The van der Waals surface area contributed by atoms with Gasteiger partial charge in [0, 0.05) is 28.8 Å². The summed E-state index contributed by atoms with van der Waals surface area (Å²) < 4.78 is 5.74. The van der Waals surface area contributed by atoms with E-state index in [9.17, 15) is 34.2 Å². The van der Waals surface area contributed by atoms with Gasteiger partial charge >= 0.3 is 0 Å². The average molecular weight is 552 g/mol. The Morgan fingerprint density at radius 3 is 2.35 bits per heavy atom. The predicted octanol–water partition coefficient (Wildman–Crippen LogP) is 0.0904. The molecule has 3 aliphatic rings. The number of ketones is 4. The summed E-state index contributed by atoms with van der Waals surface area (Å²) in [6, 6.07) is 4.33. The molecule has 2 saturated carbocycles. The normalized spacial score (nSPS) is 29.9. The van der Waals surface area contributed by atoms with Gasteiger partial charge in [-0.3, -0.25) is 28.9 Å². The van der Waals surface area contributed by atoms with E-state index in [1.165, 1.54) is 12.0 Å². The lowest BCUT2D eigenvalue weighted by atomic mass is 9.52. The van der Waals surface area contributed by atoms with Crippen LogP contribution in [0.25, 0.3) is 10.8 Å². The number of phenolic OH excluding ortho intramolecular Hbond substituents is 1. The summed E-state index contributed by atoms with van der Waals surface area (Å²) in [5.41, 5.74) is 3.84. The van der Waals surface area contributed by atoms with Crippen molar-refractivity contribution >= 4 is 39.8 Å². The van der Waals surface area contributed by atoms with E-state index in [0.717, 1.165) is 5.56 Å². The van der Waals surface area contributed by atoms with E-state index in [1.54, 1.807) is 20.2 Å². The monoisotopic (exact) mass is 551 g/mol. The number of likely N-dealkylation sites (N-methyl/N-ethyl adjacent to an activating group) is 1. The highest BCUT2D eigenvalue weighted by atomic mass is 16.5. The van der Waals surface area contributed by atoms with Crippen LogP contribution in [0.3, 0.4) is 0 Å². The molecule has 11 heteroatoms. The largest absolute Gasteiger partial charge is 0.507 e. The standard InChI is InChI=1S/C29H33N3O8/c1-31(2)11-12-6-7-14-15(8-12)22(33)19-16(25(14)40-5)9-13-10-17-21(32(3)4)24(35)20(28(30)38)27(37)29(17,39)26(36)18(13)23(19)34/h6-8,13,17-18,20-21,33,39H,9-11H2,1-5H3,(H2,30,38). The number of phenols is 1. The fourth-order valence-corrected chi connectivity index (χ4v) is 7.18. The molecule has 1 amide bonds. The topological polar surface area (TPSA) is 168 Å². The van der Waals surface area contributed by atoms with Crippen LogP contribution in [0.1, 0.15) is 27.9 Å². The van der Waals surface area contributed by atoms with Gasteiger partial charge in [0.05, 0.1) is 24.6 Å². The molecule has 6 unspecified atom stereocenters. The highest BCUT2D eigenvalue weighted by molar-refractivity contribution is 6.32. The van der Waals surface area contributed by atoms with Gasteiger partial charge in [0.1, 0.15) is 11.5 Å². The Labute approximate surface area is 230 Å². The Morgan fingerprint density at radius 2 is 1.77 bits per heavy atom. The van der Waals surface area contributed by atoms with Gasteiger partial charge in [-0.15, -0.1) is 0 Å². The highest BCUT2D eigenvalue weighted by Crippen LogP contribution is 2.53. The second-order valence-corrected chi connectivity index (χ2v) is 11.6. The van der Waals surface area contributed by atoms with E-state index < -0.39 is 64.4 Å². The lowest BCUT2D eigenvalue weighted by Crippen LogP contribution is -2.74. The lowest BCUT2D eigenvalue weighted by molar-refractivity contribution is -0.181. The Kier molecular flexibility index (Phi) is 6.60. The molecular formula is C29H33N3O8. The van der Waals surface area contributed by atoms with Gasteiger partial charge in [0.15, 0.2) is 34.7 Å². The number of nitrogens with zero attached hydrogens (tertiary/aromatic N) is 2. The molecule has 4 N–H and O–H groups in total. The van der Waals surface area contributed by atoms with Crippen LogP contribution in [0.15, 0.2) is 18.2 Å². The van der Waals surface area contributed by atoms with Crippen LogP contribution >= 0.6 is 0 Å². The fourth-order valence-electron chi connectivity index (χ4n) is 7.18. The summed E-state index contributed by atoms with van der Waals surface area (Å²) in [6.07, 6.45) is 0.117. The number of carbonyl (C=O) groups excluding carboxylic acids is 5. The summed E-state index contributed by atoms with van der Waals surface area (Å²) in [7, 11) is 8.36. The van der Waals surface area contributed by atoms with Crippen LogP contribution < -0.4 is 10.5 Å². The number of rotatable bonds is 5. The van der Waals surface area contributed by atoms with Crippen LogP contribution in [0.4, 0.5) is 0 Å². The average Bonchev–Trinajstić information content (AvgIpc) is 2.86. The highest BCUT2D eigenvalue weighted by Gasteiger charge is 2.69. The number of aliphatic hydroxyl groups is 1. The molecule has 2 aromatic rings. The van der Waals surface area contributed by atoms with E-state index in [1.807, 2.05) is 31.1 Å². The third-order valence-corrected chi connectivity index (χ3v) is 8.75. The van der Waals surface area contributed by atoms with Crippen molar-refractivity contribution in [2.24, 2.45) is 29.4 Å². The maximum Gasteiger partial charge on any atom is 0.235 e. The molecule has 11 nitrogen and oxygen atoms in total. The summed E-state index contributed by atoms with van der Waals surface area (Å²) in [5, 5.41) is 24.1. The number of methoxy groups -OCH3 is 1. The van der Waals surface area contributed by atoms with E-state index in [-0.39, 0.29) is 24.2 Å². The van der Waals surface area contributed by atoms with Crippen LogP contribution in [0.2, 0.25) is 0 Å². The molecule has 3 aliphatic carbocycles. The molecule has 212 valence electrons. The summed E-state index contributed by atoms with van der Waals surface area (Å²) in [5.74, 6) is -10.4. The molecule has 0 saturated heterocycles. The second kappa shape index (κ2) is 9.46. The number of Topliss-reactive ketones (excluding diaryl/α,β-unsaturated/α-hetero) is 4. The molecule has 0 radical (unpaired) electrons. The minimum Gasteiger partial charge on any atom is -0.507 e. The Morgan fingerprint density at radius 1 is 1.10 bits per heavy atom. The number of aromatic hydroxyl groups is 1. The number of hydrogen-bond acceptors (Lipinski definition) is 10. The summed E-state index contributed by atoms with van der Waals surface area (Å²) >= 11 is 0. The zero-order valence-electron chi connectivity index (χ0n) is 23.1. The number of hydrogen-bond donors (Lipinski definition) is 3. The molecule has 2 aromatic carbocycles. The van der Waals surface area contributed by atoms with Crippen molar-refractivity contribution in [3.05, 3.63) is 34.9 Å². The molecule has 2 fully saturated rings. The number of carbonyl (C=O) groups is 5. The van der Waals surface area contributed by atoms with Crippen molar-refractivity contribution in [1.29, 1.82) is 0 Å². The molecule has 5 rings (SSSR count). The van der Waals surface area contributed by atoms with Crippen molar-refractivity contribution < 1.29 is 38.9 Å². The van der Waals surface area contributed by atoms with Crippen LogP contribution in [-0.4, -0.2) is 96.0 Å². The van der Waals surface area contributed by atoms with Crippen molar-refractivity contribution in [1.82, 2.24) is 9.80 Å². The van der Waals surface area contributed by atoms with E-state index in [2.05, 4.69) is 0 Å². The van der Waals surface area contributed by atoms with E-state index in [0.29, 0.717) is 28.6 Å². The van der Waals surface area contributed by atoms with E-state index >= 15 is 0 Å². The molecular weight excluding hydrogens is 518 g/mol. The van der Waals surface area contributed by atoms with Gasteiger partial charge < -0.3 is 25.6 Å². The Bertz CT molecular complexity index is 1500. The zero-order chi connectivity index (χ0) is 29.4. The van der Waals surface area contributed by atoms with Crippen molar-refractivity contribution in [2.75, 3.05) is 35.3 Å². The molecule has 0 heterocycles. The number of primary amides is 1. The van der Waals surface area contributed by atoms with Crippen molar-refractivity contribution in [3.8, 4) is 11.5 Å². The molecule has 0 aliphatic heterocycles. The third kappa shape index (κ3) is 3.71. The first-order chi connectivity index (χ1) is 18.7. The van der Waals surface area contributed by atoms with Crippen molar-refractivity contribution in [3.63, 3.8) is 0 Å². The predicted molar refractivity (Wildman–Crippen MR) is 143 cm³/mol. The first kappa shape index (κ1) is 27.9. The third-order valence-electron chi connectivity index (χ3n) is 8.75. The Hall–Kier alpha value is -3.67. The second-order valence-electron chi connectivity index (χ2n) is 11.6. The van der Waals surface area contributed by atoms with E-state index in [4.69, 9.17) is 10.5 Å². The van der Waals surface area contributed by atoms with Crippen LogP contribution in [0, 0.1) is 23.7 Å². The first-order valence-electron chi connectivity index (χ1n) is 13.1. The minimum absolute atomic E-state index is 0.0202. The summed E-state index contributed by atoms with van der Waals surface area (Å²) in [4.78, 5) is 70.2. The lowest BCUT2D eigenvalue weighted by Gasteiger charge is -2.52. The van der Waals surface area contributed by atoms with Gasteiger partial charge in [0.25, 0.3) is 0 Å². The minimum atomic E-state index is -2.76. The van der Waals surface area contributed by atoms with Crippen LogP contribution in [0.5, 0.6) is 11.5 Å². The fraction of sp³-hybridized carbons (Fsp3) is 0.483. The summed E-state index contributed by atoms with van der Waals surface area (Å²) in [6.45, 7) is 0.579. The smallest absolute Gasteiger partial charge is 0.235 e. The van der Waals surface area contributed by atoms with Gasteiger partial charge in [0.2, 0.25) is 5.91 Å². The van der Waals surface area contributed by atoms with Gasteiger partial charge in [-0.2, -0.15) is 0 Å². The molecule has 0 aromatic heterocycles.